The van der Waals surface area contributed by atoms with Gasteiger partial charge in [-0.05, 0) is 44.0 Å². The van der Waals surface area contributed by atoms with Crippen LogP contribution < -0.4 is 10.2 Å². The molecular weight excluding hydrogens is 325 g/mol. The summed E-state index contributed by atoms with van der Waals surface area (Å²) in [6.07, 6.45) is 0.756. The summed E-state index contributed by atoms with van der Waals surface area (Å²) < 4.78 is 18.5. The number of rotatable bonds is 4. The van der Waals surface area contributed by atoms with E-state index in [-0.39, 0.29) is 30.6 Å². The normalized spacial score (nSPS) is 17.2. The average Bonchev–Trinajstić information content (AvgIpc) is 3.14. The quantitative estimate of drug-likeness (QED) is 0.924. The van der Waals surface area contributed by atoms with E-state index < -0.39 is 5.92 Å². The predicted octanol–water partition coefficient (Wildman–Crippen LogP) is 2.98. The molecule has 0 bridgehead atoms. The Balaban J connectivity index is 1.74. The van der Waals surface area contributed by atoms with Crippen LogP contribution in [0.4, 0.5) is 15.8 Å². The number of benzene rings is 1. The molecular formula is C18H20FN3O3. The van der Waals surface area contributed by atoms with Gasteiger partial charge in [0.15, 0.2) is 5.76 Å². The minimum atomic E-state index is -0.475. The van der Waals surface area contributed by atoms with E-state index in [2.05, 4.69) is 10.5 Å². The average molecular weight is 345 g/mol. The van der Waals surface area contributed by atoms with E-state index in [1.165, 1.54) is 11.0 Å². The summed E-state index contributed by atoms with van der Waals surface area (Å²) in [7, 11) is 0. The molecule has 3 rings (SSSR count). The number of nitrogens with one attached hydrogen (secondary N) is 1. The maximum atomic E-state index is 13.4. The van der Waals surface area contributed by atoms with Gasteiger partial charge in [0.05, 0.1) is 5.92 Å². The zero-order valence-corrected chi connectivity index (χ0v) is 14.4. The van der Waals surface area contributed by atoms with Crippen molar-refractivity contribution >= 4 is 23.2 Å². The minimum absolute atomic E-state index is 0.119. The van der Waals surface area contributed by atoms with Crippen molar-refractivity contribution in [3.63, 3.8) is 0 Å². The smallest absolute Gasteiger partial charge is 0.229 e. The number of hydrogen-bond donors (Lipinski definition) is 1. The third-order valence-electron chi connectivity index (χ3n) is 4.47. The van der Waals surface area contributed by atoms with Crippen LogP contribution in [0.25, 0.3) is 0 Å². The largest absolute Gasteiger partial charge is 0.359 e. The van der Waals surface area contributed by atoms with Gasteiger partial charge in [-0.3, -0.25) is 9.59 Å². The van der Waals surface area contributed by atoms with Crippen LogP contribution in [-0.2, 0) is 16.0 Å². The molecule has 25 heavy (non-hydrogen) atoms. The second-order valence-electron chi connectivity index (χ2n) is 6.24. The van der Waals surface area contributed by atoms with Crippen LogP contribution in [-0.4, -0.2) is 23.5 Å². The Bertz CT molecular complexity index is 831. The number of hydrogen-bond acceptors (Lipinski definition) is 4. The number of carbonyl (C=O) groups is 2. The fourth-order valence-corrected chi connectivity index (χ4v) is 2.97. The molecule has 2 aromatic rings. The fourth-order valence-electron chi connectivity index (χ4n) is 2.97. The van der Waals surface area contributed by atoms with Gasteiger partial charge in [0.2, 0.25) is 11.8 Å². The summed E-state index contributed by atoms with van der Waals surface area (Å²) >= 11 is 0. The van der Waals surface area contributed by atoms with Crippen molar-refractivity contribution in [3.8, 4) is 0 Å². The first kappa shape index (κ1) is 17.1. The number of aromatic nitrogens is 1. The molecule has 1 aromatic carbocycles. The third kappa shape index (κ3) is 3.26. The Morgan fingerprint density at radius 2 is 2.20 bits per heavy atom. The maximum absolute atomic E-state index is 13.4. The molecule has 6 nitrogen and oxygen atoms in total. The van der Waals surface area contributed by atoms with Crippen LogP contribution in [0.15, 0.2) is 22.7 Å². The summed E-state index contributed by atoms with van der Waals surface area (Å²) in [5.74, 6) is -0.642. The van der Waals surface area contributed by atoms with Crippen molar-refractivity contribution in [2.75, 3.05) is 16.8 Å². The first-order valence-electron chi connectivity index (χ1n) is 8.23. The van der Waals surface area contributed by atoms with Gasteiger partial charge < -0.3 is 14.7 Å². The van der Waals surface area contributed by atoms with Crippen LogP contribution in [0.5, 0.6) is 0 Å². The van der Waals surface area contributed by atoms with Crippen molar-refractivity contribution in [1.29, 1.82) is 0 Å². The summed E-state index contributed by atoms with van der Waals surface area (Å²) in [5, 5.41) is 6.74. The van der Waals surface area contributed by atoms with E-state index in [0.29, 0.717) is 34.8 Å². The van der Waals surface area contributed by atoms with Gasteiger partial charge in [-0.2, -0.15) is 0 Å². The van der Waals surface area contributed by atoms with Crippen LogP contribution >= 0.6 is 0 Å². The van der Waals surface area contributed by atoms with Crippen LogP contribution in [0.3, 0.4) is 0 Å². The number of anilines is 2. The van der Waals surface area contributed by atoms with Gasteiger partial charge in [0.25, 0.3) is 0 Å². The monoisotopic (exact) mass is 345 g/mol. The second kappa shape index (κ2) is 6.66. The second-order valence-corrected chi connectivity index (χ2v) is 6.24. The maximum Gasteiger partial charge on any atom is 0.229 e. The molecule has 0 saturated carbocycles. The zero-order chi connectivity index (χ0) is 18.1. The molecule has 1 N–H and O–H groups in total. The van der Waals surface area contributed by atoms with Crippen molar-refractivity contribution in [2.24, 2.45) is 5.92 Å². The van der Waals surface area contributed by atoms with Gasteiger partial charge >= 0.3 is 0 Å². The molecule has 0 aliphatic carbocycles. The Hall–Kier alpha value is -2.70. The number of halogens is 1. The Morgan fingerprint density at radius 1 is 1.44 bits per heavy atom. The topological polar surface area (TPSA) is 75.4 Å². The van der Waals surface area contributed by atoms with E-state index in [4.69, 9.17) is 4.52 Å². The number of carbonyl (C=O) groups excluding carboxylic acids is 2. The lowest BCUT2D eigenvalue weighted by Crippen LogP contribution is -2.28. The van der Waals surface area contributed by atoms with Crippen LogP contribution in [0.1, 0.15) is 30.4 Å². The number of aryl methyl sites for hydroxylation is 3. The highest BCUT2D eigenvalue weighted by atomic mass is 19.1. The highest BCUT2D eigenvalue weighted by molar-refractivity contribution is 6.03. The van der Waals surface area contributed by atoms with Crippen molar-refractivity contribution in [1.82, 2.24) is 5.16 Å². The van der Waals surface area contributed by atoms with Gasteiger partial charge in [-0.15, -0.1) is 0 Å². The SMILES string of the molecule is CCc1noc(C)c1NC(=O)[C@@H]1CC(=O)N(c2ccc(F)c(C)c2)C1. The number of nitrogens with zero attached hydrogens (tertiary/aromatic N) is 2. The molecule has 1 aliphatic heterocycles. The van der Waals surface area contributed by atoms with Gasteiger partial charge in [-0.1, -0.05) is 12.1 Å². The lowest BCUT2D eigenvalue weighted by atomic mass is 10.1. The van der Waals surface area contributed by atoms with Gasteiger partial charge in [0.1, 0.15) is 17.2 Å². The van der Waals surface area contributed by atoms with Crippen molar-refractivity contribution in [2.45, 2.75) is 33.6 Å². The predicted molar refractivity (Wildman–Crippen MR) is 90.8 cm³/mol. The van der Waals surface area contributed by atoms with E-state index in [1.54, 1.807) is 26.0 Å². The molecule has 1 aromatic heterocycles. The molecule has 1 atom stereocenters. The van der Waals surface area contributed by atoms with Gasteiger partial charge in [0, 0.05) is 18.7 Å². The Morgan fingerprint density at radius 3 is 2.88 bits per heavy atom. The number of amides is 2. The molecule has 1 fully saturated rings. The highest BCUT2D eigenvalue weighted by Gasteiger charge is 2.36. The van der Waals surface area contributed by atoms with E-state index >= 15 is 0 Å². The lowest BCUT2D eigenvalue weighted by molar-refractivity contribution is -0.122. The Kier molecular flexibility index (Phi) is 4.57. The van der Waals surface area contributed by atoms with Crippen LogP contribution in [0.2, 0.25) is 0 Å². The molecule has 132 valence electrons. The molecule has 2 amide bonds. The molecule has 0 unspecified atom stereocenters. The van der Waals surface area contributed by atoms with E-state index in [0.717, 1.165) is 0 Å². The highest BCUT2D eigenvalue weighted by Crippen LogP contribution is 2.28. The fraction of sp³-hybridized carbons (Fsp3) is 0.389. The summed E-state index contributed by atoms with van der Waals surface area (Å²) in [5.41, 5.74) is 2.33. The molecule has 0 spiro atoms. The van der Waals surface area contributed by atoms with Crippen LogP contribution in [0, 0.1) is 25.6 Å². The third-order valence-corrected chi connectivity index (χ3v) is 4.47. The standard InChI is InChI=1S/C18H20FN3O3/c1-4-15-17(11(3)25-21-15)20-18(24)12-8-16(23)22(9-12)13-5-6-14(19)10(2)7-13/h5-7,12H,4,8-9H2,1-3H3,(H,20,24)/t12-/m1/s1. The van der Waals surface area contributed by atoms with E-state index in [9.17, 15) is 14.0 Å². The summed E-state index contributed by atoms with van der Waals surface area (Å²) in [6.45, 7) is 5.56. The first-order chi connectivity index (χ1) is 11.9. The van der Waals surface area contributed by atoms with Gasteiger partial charge in [-0.25, -0.2) is 4.39 Å². The molecule has 1 aliphatic rings. The van der Waals surface area contributed by atoms with Crippen molar-refractivity contribution < 1.29 is 18.5 Å². The Labute approximate surface area is 145 Å². The molecule has 2 heterocycles. The summed E-state index contributed by atoms with van der Waals surface area (Å²) in [4.78, 5) is 26.4. The van der Waals surface area contributed by atoms with E-state index in [1.807, 2.05) is 6.92 Å². The summed E-state index contributed by atoms with van der Waals surface area (Å²) in [6, 6.07) is 4.51. The molecule has 1 saturated heterocycles. The molecule has 0 radical (unpaired) electrons. The lowest BCUT2D eigenvalue weighted by Gasteiger charge is -2.17. The zero-order valence-electron chi connectivity index (χ0n) is 14.4. The minimum Gasteiger partial charge on any atom is -0.359 e. The first-order valence-corrected chi connectivity index (χ1v) is 8.23. The van der Waals surface area contributed by atoms with Crippen molar-refractivity contribution in [3.05, 3.63) is 41.0 Å². The molecule has 7 heteroatoms.